The Kier molecular flexibility index (Phi) is 8.78. The maximum absolute atomic E-state index is 10.4. The number of nitrogens with one attached hydrogen (secondary N) is 4. The molecule has 0 saturated heterocycles. The summed E-state index contributed by atoms with van der Waals surface area (Å²) in [6, 6.07) is 11.9. The van der Waals surface area contributed by atoms with Crippen molar-refractivity contribution in [3.8, 4) is 0 Å². The Morgan fingerprint density at radius 2 is 1.81 bits per heavy atom. The average Bonchev–Trinajstić information content (AvgIpc) is 2.67. The molecule has 2 rings (SSSR count). The molecule has 8 nitrogen and oxygen atoms in total. The van der Waals surface area contributed by atoms with Crippen LogP contribution in [0.5, 0.6) is 0 Å². The number of benzene rings is 1. The lowest BCUT2D eigenvalue weighted by molar-refractivity contribution is -0.136. The van der Waals surface area contributed by atoms with Gasteiger partial charge in [0.1, 0.15) is 5.82 Å². The smallest absolute Gasteiger partial charge is 0.305 e. The number of hydrogen-bond donors (Lipinski definition) is 5. The van der Waals surface area contributed by atoms with Crippen molar-refractivity contribution in [2.24, 2.45) is 0 Å². The van der Waals surface area contributed by atoms with Crippen LogP contribution in [0.25, 0.3) is 0 Å². The highest BCUT2D eigenvalue weighted by atomic mass is 32.1. The zero-order valence-electron chi connectivity index (χ0n) is 14.9. The third kappa shape index (κ3) is 8.82. The van der Waals surface area contributed by atoms with Gasteiger partial charge in [0.25, 0.3) is 0 Å². The van der Waals surface area contributed by atoms with Crippen molar-refractivity contribution >= 4 is 35.1 Å². The summed E-state index contributed by atoms with van der Waals surface area (Å²) in [5.74, 6) is 0.477. The van der Waals surface area contributed by atoms with Crippen molar-refractivity contribution in [3.05, 3.63) is 48.2 Å². The van der Waals surface area contributed by atoms with Crippen LogP contribution in [0.2, 0.25) is 0 Å². The second-order valence-electron chi connectivity index (χ2n) is 5.71. The molecule has 1 aromatic heterocycles. The maximum Gasteiger partial charge on any atom is 0.305 e. The minimum atomic E-state index is -0.850. The normalized spacial score (nSPS) is 10.1. The average molecular weight is 388 g/mol. The van der Waals surface area contributed by atoms with Crippen molar-refractivity contribution in [2.75, 3.05) is 30.3 Å². The highest BCUT2D eigenvalue weighted by molar-refractivity contribution is 7.80. The summed E-state index contributed by atoms with van der Waals surface area (Å²) in [6.45, 7) is 2.38. The Balaban J connectivity index is 1.62. The summed E-state index contributed by atoms with van der Waals surface area (Å²) in [5.41, 5.74) is 1.17. The number of hydrogen-bond acceptors (Lipinski definition) is 6. The van der Waals surface area contributed by atoms with E-state index in [1.165, 1.54) is 5.56 Å². The monoisotopic (exact) mass is 388 g/mol. The van der Waals surface area contributed by atoms with Crippen LogP contribution in [0.15, 0.2) is 42.6 Å². The number of nitrogens with zero attached hydrogens (tertiary/aromatic N) is 2. The summed E-state index contributed by atoms with van der Waals surface area (Å²) in [6.07, 6.45) is 2.58. The van der Waals surface area contributed by atoms with Gasteiger partial charge in [-0.05, 0) is 30.3 Å². The largest absolute Gasteiger partial charge is 0.481 e. The van der Waals surface area contributed by atoms with E-state index in [-0.39, 0.29) is 6.42 Å². The van der Waals surface area contributed by atoms with Gasteiger partial charge in [-0.3, -0.25) is 4.79 Å². The van der Waals surface area contributed by atoms with Crippen LogP contribution >= 0.6 is 12.2 Å². The number of carboxylic acids is 1. The predicted octanol–water partition coefficient (Wildman–Crippen LogP) is 1.83. The third-order valence-electron chi connectivity index (χ3n) is 3.52. The van der Waals surface area contributed by atoms with Gasteiger partial charge in [-0.25, -0.2) is 4.98 Å². The topological polar surface area (TPSA) is 111 Å². The van der Waals surface area contributed by atoms with Crippen LogP contribution in [-0.2, 0) is 11.3 Å². The summed E-state index contributed by atoms with van der Waals surface area (Å²) in [5, 5.41) is 21.4. The van der Waals surface area contributed by atoms with Crippen LogP contribution in [-0.4, -0.2) is 45.8 Å². The first-order valence-electron chi connectivity index (χ1n) is 8.71. The number of aromatic nitrogens is 2. The first-order valence-corrected chi connectivity index (χ1v) is 9.12. The van der Waals surface area contributed by atoms with Crippen molar-refractivity contribution in [1.82, 2.24) is 20.6 Å². The zero-order chi connectivity index (χ0) is 19.3. The molecule has 0 spiro atoms. The van der Waals surface area contributed by atoms with Crippen LogP contribution in [0, 0.1) is 0 Å². The fourth-order valence-electron chi connectivity index (χ4n) is 2.17. The first kappa shape index (κ1) is 20.4. The van der Waals surface area contributed by atoms with Gasteiger partial charge in [0, 0.05) is 32.4 Å². The van der Waals surface area contributed by atoms with E-state index in [0.717, 1.165) is 18.8 Å². The van der Waals surface area contributed by atoms with E-state index >= 15 is 0 Å². The highest BCUT2D eigenvalue weighted by Gasteiger charge is 2.00. The van der Waals surface area contributed by atoms with E-state index < -0.39 is 5.97 Å². The van der Waals surface area contributed by atoms with Crippen LogP contribution in [0.4, 0.5) is 11.8 Å². The molecule has 0 fully saturated rings. The van der Waals surface area contributed by atoms with E-state index in [2.05, 4.69) is 31.2 Å². The van der Waals surface area contributed by atoms with Gasteiger partial charge in [-0.15, -0.1) is 0 Å². The van der Waals surface area contributed by atoms with Crippen molar-refractivity contribution in [2.45, 2.75) is 19.4 Å². The molecular formula is C18H24N6O2S. The van der Waals surface area contributed by atoms with Gasteiger partial charge in [0.05, 0.1) is 6.42 Å². The molecule has 144 valence electrons. The van der Waals surface area contributed by atoms with E-state index in [4.69, 9.17) is 17.3 Å². The lowest BCUT2D eigenvalue weighted by Gasteiger charge is -2.11. The molecule has 1 aromatic carbocycles. The molecule has 0 aliphatic rings. The van der Waals surface area contributed by atoms with Crippen LogP contribution in [0.1, 0.15) is 18.4 Å². The van der Waals surface area contributed by atoms with Gasteiger partial charge in [0.2, 0.25) is 5.95 Å². The molecule has 0 unspecified atom stereocenters. The standard InChI is InChI=1S/C18H24N6O2S/c25-16(26)8-12-22-18(27)21-10-4-9-19-15-7-11-20-17(24-15)23-13-14-5-2-1-3-6-14/h1-3,5-7,11H,4,8-10,12-13H2,(H,25,26)(H2,21,22,27)(H2,19,20,23,24). The van der Waals surface area contributed by atoms with Crippen molar-refractivity contribution < 1.29 is 9.90 Å². The molecule has 0 atom stereocenters. The zero-order valence-corrected chi connectivity index (χ0v) is 15.8. The van der Waals surface area contributed by atoms with Crippen molar-refractivity contribution in [1.29, 1.82) is 0 Å². The fraction of sp³-hybridized carbons (Fsp3) is 0.333. The molecule has 2 aromatic rings. The van der Waals surface area contributed by atoms with E-state index in [0.29, 0.717) is 30.7 Å². The molecule has 0 radical (unpaired) electrons. The summed E-state index contributed by atoms with van der Waals surface area (Å²) < 4.78 is 0. The van der Waals surface area contributed by atoms with Gasteiger partial charge in [-0.1, -0.05) is 30.3 Å². The van der Waals surface area contributed by atoms with Crippen LogP contribution in [0.3, 0.4) is 0 Å². The molecule has 5 N–H and O–H groups in total. The third-order valence-corrected chi connectivity index (χ3v) is 3.81. The Hall–Kier alpha value is -2.94. The molecular weight excluding hydrogens is 364 g/mol. The number of anilines is 2. The predicted molar refractivity (Wildman–Crippen MR) is 110 cm³/mol. The SMILES string of the molecule is O=C(O)CCNC(=S)NCCCNc1ccnc(NCc2ccccc2)n1. The molecule has 27 heavy (non-hydrogen) atoms. The molecule has 0 saturated carbocycles. The van der Waals surface area contributed by atoms with Crippen LogP contribution < -0.4 is 21.3 Å². The summed E-state index contributed by atoms with van der Waals surface area (Å²) >= 11 is 5.07. The van der Waals surface area contributed by atoms with E-state index in [9.17, 15) is 4.79 Å². The number of aliphatic carboxylic acids is 1. The minimum absolute atomic E-state index is 0.0394. The number of rotatable bonds is 11. The fourth-order valence-corrected chi connectivity index (χ4v) is 2.38. The number of carboxylic acid groups (broad SMARTS) is 1. The summed E-state index contributed by atoms with van der Waals surface area (Å²) in [7, 11) is 0. The second-order valence-corrected chi connectivity index (χ2v) is 6.12. The summed E-state index contributed by atoms with van der Waals surface area (Å²) in [4.78, 5) is 19.1. The molecule has 0 bridgehead atoms. The van der Waals surface area contributed by atoms with Crippen molar-refractivity contribution in [3.63, 3.8) is 0 Å². The van der Waals surface area contributed by atoms with Gasteiger partial charge in [-0.2, -0.15) is 4.98 Å². The molecule has 1 heterocycles. The lowest BCUT2D eigenvalue weighted by atomic mass is 10.2. The van der Waals surface area contributed by atoms with E-state index in [1.807, 2.05) is 36.4 Å². The Morgan fingerprint density at radius 3 is 2.59 bits per heavy atom. The molecule has 0 aliphatic carbocycles. The van der Waals surface area contributed by atoms with E-state index in [1.54, 1.807) is 6.20 Å². The molecule has 0 amide bonds. The highest BCUT2D eigenvalue weighted by Crippen LogP contribution is 2.07. The Labute approximate surface area is 163 Å². The van der Waals surface area contributed by atoms with Gasteiger partial charge < -0.3 is 26.4 Å². The van der Waals surface area contributed by atoms with Gasteiger partial charge >= 0.3 is 5.97 Å². The Bertz CT molecular complexity index is 729. The second kappa shape index (κ2) is 11.6. The van der Waals surface area contributed by atoms with Gasteiger partial charge in [0.15, 0.2) is 5.11 Å². The number of carbonyl (C=O) groups is 1. The lowest BCUT2D eigenvalue weighted by Crippen LogP contribution is -2.37. The molecule has 9 heteroatoms. The number of thiocarbonyl (C=S) groups is 1. The maximum atomic E-state index is 10.4. The molecule has 0 aliphatic heterocycles. The minimum Gasteiger partial charge on any atom is -0.481 e. The first-order chi connectivity index (χ1) is 13.1. The Morgan fingerprint density at radius 1 is 1.04 bits per heavy atom. The quantitative estimate of drug-likeness (QED) is 0.291.